The number of unbranched alkanes of at least 4 members (excludes halogenated alkanes) is 1. The van der Waals surface area contributed by atoms with Crippen LogP contribution < -0.4 is 5.32 Å². The Bertz CT molecular complexity index is 392. The molecule has 0 saturated carbocycles. The average molecular weight is 259 g/mol. The van der Waals surface area contributed by atoms with Crippen molar-refractivity contribution >= 4 is 0 Å². The summed E-state index contributed by atoms with van der Waals surface area (Å²) in [5, 5.41) is 3.87. The van der Waals surface area contributed by atoms with E-state index < -0.39 is 0 Å². The Kier molecular flexibility index (Phi) is 4.19. The molecule has 0 amide bonds. The summed E-state index contributed by atoms with van der Waals surface area (Å²) in [5.41, 5.74) is 1.43. The first-order valence-corrected chi connectivity index (χ1v) is 7.83. The summed E-state index contributed by atoms with van der Waals surface area (Å²) in [4.78, 5) is 0. The smallest absolute Gasteiger partial charge is 0.0733 e. The minimum absolute atomic E-state index is 0.470. The topological polar surface area (TPSA) is 21.3 Å². The zero-order chi connectivity index (χ0) is 13.1. The van der Waals surface area contributed by atoms with Gasteiger partial charge in [-0.05, 0) is 31.2 Å². The SMILES string of the molecule is CCCCC(NC1CC2CCC1O2)c1ccccc1. The molecule has 2 fully saturated rings. The molecule has 0 aliphatic carbocycles. The summed E-state index contributed by atoms with van der Waals surface area (Å²) in [6.45, 7) is 2.27. The van der Waals surface area contributed by atoms with Gasteiger partial charge in [0.15, 0.2) is 0 Å². The molecule has 2 bridgehead atoms. The molecule has 1 aromatic carbocycles. The van der Waals surface area contributed by atoms with Crippen LogP contribution in [-0.2, 0) is 4.74 Å². The van der Waals surface area contributed by atoms with Gasteiger partial charge in [-0.1, -0.05) is 50.1 Å². The highest BCUT2D eigenvalue weighted by Crippen LogP contribution is 2.36. The third-order valence-corrected chi connectivity index (χ3v) is 4.57. The van der Waals surface area contributed by atoms with Gasteiger partial charge in [-0.25, -0.2) is 0 Å². The van der Waals surface area contributed by atoms with Crippen LogP contribution in [0.1, 0.15) is 57.1 Å². The van der Waals surface area contributed by atoms with Gasteiger partial charge in [0.2, 0.25) is 0 Å². The minimum atomic E-state index is 0.470. The van der Waals surface area contributed by atoms with Crippen molar-refractivity contribution in [3.63, 3.8) is 0 Å². The lowest BCUT2D eigenvalue weighted by molar-refractivity contribution is 0.0957. The highest BCUT2D eigenvalue weighted by molar-refractivity contribution is 5.19. The normalized spacial score (nSPS) is 30.7. The van der Waals surface area contributed by atoms with Gasteiger partial charge >= 0.3 is 0 Å². The van der Waals surface area contributed by atoms with Crippen molar-refractivity contribution in [3.8, 4) is 0 Å². The summed E-state index contributed by atoms with van der Waals surface area (Å²) in [6, 6.07) is 12.0. The lowest BCUT2D eigenvalue weighted by Gasteiger charge is -2.27. The molecule has 1 N–H and O–H groups in total. The molecule has 2 aliphatic rings. The monoisotopic (exact) mass is 259 g/mol. The first-order valence-electron chi connectivity index (χ1n) is 7.83. The van der Waals surface area contributed by atoms with E-state index >= 15 is 0 Å². The number of ether oxygens (including phenoxy) is 1. The van der Waals surface area contributed by atoms with Crippen LogP contribution in [0.15, 0.2) is 30.3 Å². The molecule has 19 heavy (non-hydrogen) atoms. The molecule has 2 nitrogen and oxygen atoms in total. The zero-order valence-corrected chi connectivity index (χ0v) is 11.8. The quantitative estimate of drug-likeness (QED) is 0.838. The number of rotatable bonds is 6. The molecule has 2 saturated heterocycles. The van der Waals surface area contributed by atoms with Crippen LogP contribution in [0.5, 0.6) is 0 Å². The first-order chi connectivity index (χ1) is 9.36. The second kappa shape index (κ2) is 6.06. The van der Waals surface area contributed by atoms with E-state index in [4.69, 9.17) is 4.74 Å². The van der Waals surface area contributed by atoms with Crippen molar-refractivity contribution in [2.75, 3.05) is 0 Å². The highest BCUT2D eigenvalue weighted by atomic mass is 16.5. The fourth-order valence-electron chi connectivity index (χ4n) is 3.51. The molecule has 0 radical (unpaired) electrons. The lowest BCUT2D eigenvalue weighted by atomic mass is 9.93. The van der Waals surface area contributed by atoms with Crippen molar-refractivity contribution in [3.05, 3.63) is 35.9 Å². The Morgan fingerprint density at radius 1 is 1.26 bits per heavy atom. The number of benzene rings is 1. The van der Waals surface area contributed by atoms with Crippen LogP contribution in [0.3, 0.4) is 0 Å². The van der Waals surface area contributed by atoms with Crippen LogP contribution in [0, 0.1) is 0 Å². The van der Waals surface area contributed by atoms with Crippen molar-refractivity contribution in [1.29, 1.82) is 0 Å². The molecule has 3 rings (SSSR count). The van der Waals surface area contributed by atoms with Crippen LogP contribution in [0.25, 0.3) is 0 Å². The summed E-state index contributed by atoms with van der Waals surface area (Å²) < 4.78 is 5.96. The molecule has 4 unspecified atom stereocenters. The predicted molar refractivity (Wildman–Crippen MR) is 78.1 cm³/mol. The summed E-state index contributed by atoms with van der Waals surface area (Å²) in [5.74, 6) is 0. The molecular formula is C17H25NO. The fraction of sp³-hybridized carbons (Fsp3) is 0.647. The van der Waals surface area contributed by atoms with Crippen LogP contribution in [0.4, 0.5) is 0 Å². The van der Waals surface area contributed by atoms with Gasteiger partial charge in [0, 0.05) is 12.1 Å². The molecule has 104 valence electrons. The Morgan fingerprint density at radius 2 is 2.11 bits per heavy atom. The number of fused-ring (bicyclic) bond motifs is 2. The molecule has 2 aliphatic heterocycles. The minimum Gasteiger partial charge on any atom is -0.373 e. The van der Waals surface area contributed by atoms with E-state index in [-0.39, 0.29) is 0 Å². The predicted octanol–water partition coefficient (Wildman–Crippen LogP) is 3.83. The second-order valence-electron chi connectivity index (χ2n) is 5.99. The zero-order valence-electron chi connectivity index (χ0n) is 11.8. The van der Waals surface area contributed by atoms with Crippen LogP contribution in [-0.4, -0.2) is 18.2 Å². The third-order valence-electron chi connectivity index (χ3n) is 4.57. The van der Waals surface area contributed by atoms with Crippen molar-refractivity contribution < 1.29 is 4.74 Å². The van der Waals surface area contributed by atoms with E-state index in [9.17, 15) is 0 Å². The van der Waals surface area contributed by atoms with Gasteiger partial charge in [-0.2, -0.15) is 0 Å². The lowest BCUT2D eigenvalue weighted by Crippen LogP contribution is -2.39. The van der Waals surface area contributed by atoms with Gasteiger partial charge in [-0.3, -0.25) is 0 Å². The van der Waals surface area contributed by atoms with Crippen LogP contribution in [0.2, 0.25) is 0 Å². The molecule has 1 aromatic rings. The summed E-state index contributed by atoms with van der Waals surface area (Å²) in [7, 11) is 0. The average Bonchev–Trinajstić information content (AvgIpc) is 3.07. The number of nitrogens with one attached hydrogen (secondary N) is 1. The molecule has 0 aromatic heterocycles. The van der Waals surface area contributed by atoms with Crippen LogP contribution >= 0.6 is 0 Å². The summed E-state index contributed by atoms with van der Waals surface area (Å²) >= 11 is 0. The maximum absolute atomic E-state index is 5.96. The second-order valence-corrected chi connectivity index (χ2v) is 5.99. The number of hydrogen-bond donors (Lipinski definition) is 1. The van der Waals surface area contributed by atoms with Crippen molar-refractivity contribution in [2.24, 2.45) is 0 Å². The van der Waals surface area contributed by atoms with Gasteiger partial charge in [0.1, 0.15) is 0 Å². The van der Waals surface area contributed by atoms with E-state index in [1.54, 1.807) is 0 Å². The fourth-order valence-corrected chi connectivity index (χ4v) is 3.51. The molecule has 2 heterocycles. The van der Waals surface area contributed by atoms with E-state index in [1.165, 1.54) is 44.1 Å². The molecule has 0 spiro atoms. The van der Waals surface area contributed by atoms with E-state index in [1.807, 2.05) is 0 Å². The van der Waals surface area contributed by atoms with E-state index in [2.05, 4.69) is 42.6 Å². The largest absolute Gasteiger partial charge is 0.373 e. The molecule has 2 heteroatoms. The molecular weight excluding hydrogens is 234 g/mol. The summed E-state index contributed by atoms with van der Waals surface area (Å²) in [6.07, 6.45) is 8.51. The maximum Gasteiger partial charge on any atom is 0.0733 e. The van der Waals surface area contributed by atoms with Gasteiger partial charge in [0.05, 0.1) is 12.2 Å². The Hall–Kier alpha value is -0.860. The first kappa shape index (κ1) is 13.1. The number of hydrogen-bond acceptors (Lipinski definition) is 2. The third kappa shape index (κ3) is 3.01. The van der Waals surface area contributed by atoms with Gasteiger partial charge < -0.3 is 10.1 Å². The Morgan fingerprint density at radius 3 is 2.74 bits per heavy atom. The van der Waals surface area contributed by atoms with Crippen molar-refractivity contribution in [2.45, 2.75) is 69.7 Å². The Labute approximate surface area is 116 Å². The molecule has 4 atom stereocenters. The van der Waals surface area contributed by atoms with Gasteiger partial charge in [-0.15, -0.1) is 0 Å². The highest BCUT2D eigenvalue weighted by Gasteiger charge is 2.41. The standard InChI is InChI=1S/C17H25NO/c1-2-3-9-15(13-7-5-4-6-8-13)18-16-12-14-10-11-17(16)19-14/h4-8,14-18H,2-3,9-12H2,1H3. The Balaban J connectivity index is 1.66. The maximum atomic E-state index is 5.96. The van der Waals surface area contributed by atoms with E-state index in [0.29, 0.717) is 24.3 Å². The van der Waals surface area contributed by atoms with Crippen molar-refractivity contribution in [1.82, 2.24) is 5.32 Å². The van der Waals surface area contributed by atoms with E-state index in [0.717, 1.165) is 0 Å². The van der Waals surface area contributed by atoms with Gasteiger partial charge in [0.25, 0.3) is 0 Å².